The van der Waals surface area contributed by atoms with Crippen molar-refractivity contribution in [1.29, 1.82) is 0 Å². The Morgan fingerprint density at radius 3 is 2.74 bits per heavy atom. The quantitative estimate of drug-likeness (QED) is 0.858. The molecule has 1 aromatic carbocycles. The van der Waals surface area contributed by atoms with Gasteiger partial charge < -0.3 is 5.32 Å². The van der Waals surface area contributed by atoms with E-state index in [1.54, 1.807) is 0 Å². The molecule has 0 spiro atoms. The third-order valence-electron chi connectivity index (χ3n) is 3.75. The first-order chi connectivity index (χ1) is 9.38. The van der Waals surface area contributed by atoms with Gasteiger partial charge in [-0.25, -0.2) is 4.68 Å². The molecular formula is C16H21N3. The monoisotopic (exact) mass is 255 g/mol. The van der Waals surface area contributed by atoms with Crippen LogP contribution < -0.4 is 5.32 Å². The molecule has 0 amide bonds. The minimum Gasteiger partial charge on any atom is -0.309 e. The second-order valence-corrected chi connectivity index (χ2v) is 5.29. The summed E-state index contributed by atoms with van der Waals surface area (Å²) in [4.78, 5) is 0. The molecule has 0 aliphatic heterocycles. The SMILES string of the molecule is CCNC(CC1CC1)c1ccnn1-c1ccccc1. The Morgan fingerprint density at radius 2 is 2.05 bits per heavy atom. The fourth-order valence-corrected chi connectivity index (χ4v) is 2.60. The predicted molar refractivity (Wildman–Crippen MR) is 77.3 cm³/mol. The molecule has 3 rings (SSSR count). The van der Waals surface area contributed by atoms with Gasteiger partial charge in [-0.05, 0) is 37.1 Å². The van der Waals surface area contributed by atoms with Gasteiger partial charge in [0, 0.05) is 12.2 Å². The van der Waals surface area contributed by atoms with E-state index in [1.807, 2.05) is 12.3 Å². The number of nitrogens with one attached hydrogen (secondary N) is 1. The molecule has 2 aromatic rings. The van der Waals surface area contributed by atoms with Gasteiger partial charge >= 0.3 is 0 Å². The minimum absolute atomic E-state index is 0.417. The zero-order valence-electron chi connectivity index (χ0n) is 11.4. The Labute approximate surface area is 114 Å². The van der Waals surface area contributed by atoms with E-state index in [-0.39, 0.29) is 0 Å². The van der Waals surface area contributed by atoms with Crippen molar-refractivity contribution in [3.63, 3.8) is 0 Å². The van der Waals surface area contributed by atoms with Crippen LogP contribution in [0, 0.1) is 5.92 Å². The van der Waals surface area contributed by atoms with Gasteiger partial charge in [-0.3, -0.25) is 0 Å². The Hall–Kier alpha value is -1.61. The summed E-state index contributed by atoms with van der Waals surface area (Å²) in [6, 6.07) is 12.9. The highest BCUT2D eigenvalue weighted by molar-refractivity contribution is 5.33. The molecular weight excluding hydrogens is 234 g/mol. The van der Waals surface area contributed by atoms with Crippen molar-refractivity contribution >= 4 is 0 Å². The van der Waals surface area contributed by atoms with Crippen molar-refractivity contribution in [2.45, 2.75) is 32.2 Å². The van der Waals surface area contributed by atoms with Crippen molar-refractivity contribution < 1.29 is 0 Å². The molecule has 1 saturated carbocycles. The van der Waals surface area contributed by atoms with Crippen LogP contribution in [0.3, 0.4) is 0 Å². The number of aromatic nitrogens is 2. The maximum Gasteiger partial charge on any atom is 0.0649 e. The number of hydrogen-bond acceptors (Lipinski definition) is 2. The van der Waals surface area contributed by atoms with Gasteiger partial charge in [-0.15, -0.1) is 0 Å². The molecule has 1 fully saturated rings. The van der Waals surface area contributed by atoms with Gasteiger partial charge in [0.2, 0.25) is 0 Å². The summed E-state index contributed by atoms with van der Waals surface area (Å²) in [5.74, 6) is 0.906. The molecule has 3 nitrogen and oxygen atoms in total. The molecule has 0 bridgehead atoms. The third-order valence-corrected chi connectivity index (χ3v) is 3.75. The minimum atomic E-state index is 0.417. The lowest BCUT2D eigenvalue weighted by Gasteiger charge is -2.19. The van der Waals surface area contributed by atoms with Crippen molar-refractivity contribution in [3.05, 3.63) is 48.3 Å². The van der Waals surface area contributed by atoms with Crippen LogP contribution in [0.2, 0.25) is 0 Å². The highest BCUT2D eigenvalue weighted by atomic mass is 15.3. The molecule has 1 aliphatic carbocycles. The van der Waals surface area contributed by atoms with Crippen LogP contribution in [0.1, 0.15) is 37.9 Å². The van der Waals surface area contributed by atoms with Crippen LogP contribution >= 0.6 is 0 Å². The zero-order valence-corrected chi connectivity index (χ0v) is 11.4. The lowest BCUT2D eigenvalue weighted by atomic mass is 10.1. The van der Waals surface area contributed by atoms with Gasteiger partial charge in [0.1, 0.15) is 0 Å². The maximum atomic E-state index is 4.49. The van der Waals surface area contributed by atoms with Gasteiger partial charge in [0.25, 0.3) is 0 Å². The molecule has 1 heterocycles. The molecule has 3 heteroatoms. The standard InChI is InChI=1S/C16H21N3/c1-2-17-15(12-13-8-9-13)16-10-11-18-19(16)14-6-4-3-5-7-14/h3-7,10-11,13,15,17H,2,8-9,12H2,1H3. The number of nitrogens with zero attached hydrogens (tertiary/aromatic N) is 2. The van der Waals surface area contributed by atoms with Gasteiger partial charge in [-0.2, -0.15) is 5.10 Å². The maximum absolute atomic E-state index is 4.49. The summed E-state index contributed by atoms with van der Waals surface area (Å²) < 4.78 is 2.07. The third kappa shape index (κ3) is 2.87. The van der Waals surface area contributed by atoms with E-state index in [0.29, 0.717) is 6.04 Å². The first-order valence-electron chi connectivity index (χ1n) is 7.21. The van der Waals surface area contributed by atoms with Crippen molar-refractivity contribution in [3.8, 4) is 5.69 Å². The van der Waals surface area contributed by atoms with Crippen molar-refractivity contribution in [2.75, 3.05) is 6.54 Å². The Morgan fingerprint density at radius 1 is 1.26 bits per heavy atom. The largest absolute Gasteiger partial charge is 0.309 e. The second kappa shape index (κ2) is 5.57. The predicted octanol–water partition coefficient (Wildman–Crippen LogP) is 3.32. The number of benzene rings is 1. The average molecular weight is 255 g/mol. The van der Waals surface area contributed by atoms with Crippen molar-refractivity contribution in [1.82, 2.24) is 15.1 Å². The van der Waals surface area contributed by atoms with Crippen LogP contribution in [0.4, 0.5) is 0 Å². The van der Waals surface area contributed by atoms with Crippen LogP contribution in [-0.2, 0) is 0 Å². The first-order valence-corrected chi connectivity index (χ1v) is 7.21. The van der Waals surface area contributed by atoms with Crippen LogP contribution in [-0.4, -0.2) is 16.3 Å². The zero-order chi connectivity index (χ0) is 13.1. The van der Waals surface area contributed by atoms with E-state index < -0.39 is 0 Å². The second-order valence-electron chi connectivity index (χ2n) is 5.29. The number of hydrogen-bond donors (Lipinski definition) is 1. The summed E-state index contributed by atoms with van der Waals surface area (Å²) in [6.45, 7) is 3.17. The Balaban J connectivity index is 1.88. The van der Waals surface area contributed by atoms with Crippen LogP contribution in [0.15, 0.2) is 42.6 Å². The lowest BCUT2D eigenvalue weighted by molar-refractivity contribution is 0.466. The van der Waals surface area contributed by atoms with Gasteiger partial charge in [0.05, 0.1) is 11.4 Å². The van der Waals surface area contributed by atoms with Gasteiger partial charge in [0.15, 0.2) is 0 Å². The van der Waals surface area contributed by atoms with E-state index >= 15 is 0 Å². The number of para-hydroxylation sites is 1. The summed E-state index contributed by atoms with van der Waals surface area (Å²) in [6.07, 6.45) is 5.91. The molecule has 1 N–H and O–H groups in total. The summed E-state index contributed by atoms with van der Waals surface area (Å²) in [5.41, 5.74) is 2.42. The molecule has 0 saturated heterocycles. The highest BCUT2D eigenvalue weighted by Gasteiger charge is 2.27. The Bertz CT molecular complexity index is 514. The van der Waals surface area contributed by atoms with E-state index in [1.165, 1.54) is 25.0 Å². The van der Waals surface area contributed by atoms with Crippen LogP contribution in [0.25, 0.3) is 5.69 Å². The summed E-state index contributed by atoms with van der Waals surface area (Å²) in [5, 5.41) is 8.10. The molecule has 1 unspecified atom stereocenters. The number of rotatable bonds is 6. The summed E-state index contributed by atoms with van der Waals surface area (Å²) in [7, 11) is 0. The summed E-state index contributed by atoms with van der Waals surface area (Å²) >= 11 is 0. The van der Waals surface area contributed by atoms with E-state index in [2.05, 4.69) is 52.4 Å². The molecule has 100 valence electrons. The molecule has 1 aliphatic rings. The highest BCUT2D eigenvalue weighted by Crippen LogP contribution is 2.37. The Kier molecular flexibility index (Phi) is 3.65. The smallest absolute Gasteiger partial charge is 0.0649 e. The van der Waals surface area contributed by atoms with Crippen LogP contribution in [0.5, 0.6) is 0 Å². The molecule has 1 atom stereocenters. The van der Waals surface area contributed by atoms with E-state index in [9.17, 15) is 0 Å². The van der Waals surface area contributed by atoms with Crippen molar-refractivity contribution in [2.24, 2.45) is 5.92 Å². The fraction of sp³-hybridized carbons (Fsp3) is 0.438. The van der Waals surface area contributed by atoms with E-state index in [0.717, 1.165) is 18.2 Å². The van der Waals surface area contributed by atoms with Gasteiger partial charge in [-0.1, -0.05) is 38.0 Å². The normalized spacial score (nSPS) is 16.5. The first kappa shape index (κ1) is 12.4. The average Bonchev–Trinajstić information content (AvgIpc) is 3.13. The van der Waals surface area contributed by atoms with E-state index in [4.69, 9.17) is 0 Å². The molecule has 19 heavy (non-hydrogen) atoms. The lowest BCUT2D eigenvalue weighted by Crippen LogP contribution is -2.24. The molecule has 1 aromatic heterocycles. The molecule has 0 radical (unpaired) electrons. The topological polar surface area (TPSA) is 29.9 Å². The fourth-order valence-electron chi connectivity index (χ4n) is 2.60.